The molecule has 0 aromatic rings. The lowest BCUT2D eigenvalue weighted by molar-refractivity contribution is -0.254. The molecule has 2 rings (SSSR count). The van der Waals surface area contributed by atoms with E-state index in [1.54, 1.807) is 7.11 Å². The van der Waals surface area contributed by atoms with E-state index in [-0.39, 0.29) is 17.9 Å². The summed E-state index contributed by atoms with van der Waals surface area (Å²) in [6.07, 6.45) is 12.1. The Morgan fingerprint density at radius 2 is 2.17 bits per heavy atom. The summed E-state index contributed by atoms with van der Waals surface area (Å²) in [5.74, 6) is -0.928. The van der Waals surface area contributed by atoms with Crippen LogP contribution in [0.2, 0.25) is 0 Å². The van der Waals surface area contributed by atoms with Crippen LogP contribution in [0.25, 0.3) is 0 Å². The van der Waals surface area contributed by atoms with E-state index in [2.05, 4.69) is 18.3 Å². The molecule has 134 valence electrons. The van der Waals surface area contributed by atoms with Gasteiger partial charge in [-0.2, -0.15) is 0 Å². The van der Waals surface area contributed by atoms with Crippen LogP contribution in [0, 0.1) is 11.8 Å². The maximum Gasteiger partial charge on any atom is 0.321 e. The van der Waals surface area contributed by atoms with Crippen LogP contribution >= 0.6 is 0 Å². The van der Waals surface area contributed by atoms with Crippen LogP contribution in [0.1, 0.15) is 33.6 Å². The summed E-state index contributed by atoms with van der Waals surface area (Å²) in [6.45, 7) is 6.69. The van der Waals surface area contributed by atoms with Gasteiger partial charge in [-0.1, -0.05) is 50.6 Å². The Bertz CT molecular complexity index is 539. The monoisotopic (exact) mass is 335 g/mol. The van der Waals surface area contributed by atoms with Crippen LogP contribution in [-0.2, 0) is 14.3 Å². The van der Waals surface area contributed by atoms with Crippen molar-refractivity contribution in [3.05, 3.63) is 36.0 Å². The Labute approximate surface area is 144 Å². The molecule has 2 saturated heterocycles. The van der Waals surface area contributed by atoms with Gasteiger partial charge in [-0.3, -0.25) is 10.1 Å². The van der Waals surface area contributed by atoms with Crippen molar-refractivity contribution in [2.24, 2.45) is 11.8 Å². The number of ether oxygens (including phenoxy) is 2. The normalized spacial score (nSPS) is 36.8. The first kappa shape index (κ1) is 18.9. The fourth-order valence-electron chi connectivity index (χ4n) is 3.64. The van der Waals surface area contributed by atoms with Crippen molar-refractivity contribution in [3.63, 3.8) is 0 Å². The van der Waals surface area contributed by atoms with E-state index in [0.29, 0.717) is 6.61 Å². The van der Waals surface area contributed by atoms with E-state index in [1.807, 2.05) is 38.2 Å². The van der Waals surface area contributed by atoms with Gasteiger partial charge in [-0.25, -0.2) is 0 Å². The van der Waals surface area contributed by atoms with Crippen molar-refractivity contribution in [2.45, 2.75) is 51.5 Å². The minimum atomic E-state index is -0.860. The Kier molecular flexibility index (Phi) is 6.38. The number of nitrogens with one attached hydrogen (secondary N) is 1. The predicted octanol–water partition coefficient (Wildman–Crippen LogP) is 2.90. The molecule has 0 saturated carbocycles. The molecule has 0 spiro atoms. The summed E-state index contributed by atoms with van der Waals surface area (Å²) >= 11 is 0. The van der Waals surface area contributed by atoms with Crippen LogP contribution in [0.4, 0.5) is 0 Å². The molecule has 5 atom stereocenters. The molecule has 2 aliphatic heterocycles. The molecule has 2 N–H and O–H groups in total. The largest absolute Gasteiger partial charge is 0.480 e. The maximum atomic E-state index is 11.5. The Morgan fingerprint density at radius 3 is 2.79 bits per heavy atom. The first-order chi connectivity index (χ1) is 11.5. The van der Waals surface area contributed by atoms with Crippen molar-refractivity contribution in [1.82, 2.24) is 5.32 Å². The van der Waals surface area contributed by atoms with Gasteiger partial charge in [-0.15, -0.1) is 0 Å². The first-order valence-electron chi connectivity index (χ1n) is 8.65. The number of methoxy groups -OCH3 is 1. The number of fused-ring (bicyclic) bond motifs is 1. The van der Waals surface area contributed by atoms with E-state index in [1.165, 1.54) is 0 Å². The van der Waals surface area contributed by atoms with Crippen LogP contribution in [0.15, 0.2) is 36.0 Å². The SMILES string of the molecule is CCCC=CC=CC=C(C)C12N[C@H](C(=O)O)C1C(OC)C(C)CO2. The zero-order chi connectivity index (χ0) is 17.7. The highest BCUT2D eigenvalue weighted by molar-refractivity contribution is 5.76. The number of hydrogen-bond donors (Lipinski definition) is 2. The second kappa shape index (κ2) is 8.10. The molecule has 2 aliphatic rings. The molecule has 0 bridgehead atoms. The van der Waals surface area contributed by atoms with Gasteiger partial charge in [0.15, 0.2) is 0 Å². The van der Waals surface area contributed by atoms with Crippen LogP contribution < -0.4 is 5.32 Å². The van der Waals surface area contributed by atoms with Crippen LogP contribution in [0.5, 0.6) is 0 Å². The smallest absolute Gasteiger partial charge is 0.321 e. The van der Waals surface area contributed by atoms with Gasteiger partial charge in [0.05, 0.1) is 18.6 Å². The molecule has 0 amide bonds. The number of allylic oxidation sites excluding steroid dienone is 5. The standard InChI is InChI=1S/C19H29NO4/c1-5-6-7-8-9-10-11-14(3)19-15(16(20-19)18(21)22)17(23-4)13(2)12-24-19/h7-11,13,15-17,20H,5-6,12H2,1-4H3,(H,21,22)/t13?,15?,16-,17?,19?/m0/s1. The fraction of sp³-hybridized carbons (Fsp3) is 0.632. The average molecular weight is 335 g/mol. The molecular weight excluding hydrogens is 306 g/mol. The van der Waals surface area contributed by atoms with Crippen LogP contribution in [-0.4, -0.2) is 42.7 Å². The summed E-state index contributed by atoms with van der Waals surface area (Å²) in [7, 11) is 1.64. The molecule has 24 heavy (non-hydrogen) atoms. The summed E-state index contributed by atoms with van der Waals surface area (Å²) in [5, 5.41) is 12.6. The maximum absolute atomic E-state index is 11.5. The highest BCUT2D eigenvalue weighted by Crippen LogP contribution is 2.47. The molecule has 0 radical (unpaired) electrons. The molecule has 0 aromatic heterocycles. The molecular formula is C19H29NO4. The minimum Gasteiger partial charge on any atom is -0.480 e. The average Bonchev–Trinajstić information content (AvgIpc) is 2.53. The second-order valence-corrected chi connectivity index (χ2v) is 6.66. The van der Waals surface area contributed by atoms with Gasteiger partial charge in [0.2, 0.25) is 0 Å². The van der Waals surface area contributed by atoms with Crippen molar-refractivity contribution in [2.75, 3.05) is 13.7 Å². The number of carboxylic acid groups (broad SMARTS) is 1. The lowest BCUT2D eigenvalue weighted by Crippen LogP contribution is -2.81. The van der Waals surface area contributed by atoms with E-state index >= 15 is 0 Å². The second-order valence-electron chi connectivity index (χ2n) is 6.66. The number of carboxylic acids is 1. The number of unbranched alkanes of at least 4 members (excludes halogenated alkanes) is 1. The van der Waals surface area contributed by atoms with Crippen molar-refractivity contribution < 1.29 is 19.4 Å². The number of hydrogen-bond acceptors (Lipinski definition) is 4. The lowest BCUT2D eigenvalue weighted by atomic mass is 9.67. The Morgan fingerprint density at radius 1 is 1.42 bits per heavy atom. The molecule has 4 unspecified atom stereocenters. The molecule has 5 nitrogen and oxygen atoms in total. The molecule has 0 aromatic carbocycles. The van der Waals surface area contributed by atoms with Gasteiger partial charge >= 0.3 is 5.97 Å². The van der Waals surface area contributed by atoms with Gasteiger partial charge in [0.25, 0.3) is 0 Å². The third-order valence-corrected chi connectivity index (χ3v) is 4.97. The zero-order valence-corrected chi connectivity index (χ0v) is 15.0. The predicted molar refractivity (Wildman–Crippen MR) is 93.6 cm³/mol. The van der Waals surface area contributed by atoms with E-state index in [9.17, 15) is 9.90 Å². The minimum absolute atomic E-state index is 0.141. The summed E-state index contributed by atoms with van der Waals surface area (Å²) < 4.78 is 11.7. The zero-order valence-electron chi connectivity index (χ0n) is 15.0. The van der Waals surface area contributed by atoms with Gasteiger partial charge in [0, 0.05) is 13.0 Å². The first-order valence-corrected chi connectivity index (χ1v) is 8.65. The van der Waals surface area contributed by atoms with Crippen LogP contribution in [0.3, 0.4) is 0 Å². The lowest BCUT2D eigenvalue weighted by Gasteiger charge is -2.60. The summed E-state index contributed by atoms with van der Waals surface area (Å²) in [6, 6.07) is -0.644. The van der Waals surface area contributed by atoms with Gasteiger partial charge < -0.3 is 14.6 Å². The highest BCUT2D eigenvalue weighted by atomic mass is 16.5. The molecule has 2 heterocycles. The third-order valence-electron chi connectivity index (χ3n) is 4.97. The van der Waals surface area contributed by atoms with Crippen molar-refractivity contribution >= 4 is 5.97 Å². The fourth-order valence-corrected chi connectivity index (χ4v) is 3.64. The molecule has 2 fully saturated rings. The van der Waals surface area contributed by atoms with Crippen molar-refractivity contribution in [1.29, 1.82) is 0 Å². The Hall–Kier alpha value is -1.43. The van der Waals surface area contributed by atoms with E-state index < -0.39 is 17.7 Å². The van der Waals surface area contributed by atoms with E-state index in [0.717, 1.165) is 18.4 Å². The van der Waals surface area contributed by atoms with Gasteiger partial charge in [-0.05, 0) is 18.9 Å². The molecule has 0 aliphatic carbocycles. The summed E-state index contributed by atoms with van der Waals surface area (Å²) in [5.41, 5.74) is 0.229. The van der Waals surface area contributed by atoms with Gasteiger partial charge in [0.1, 0.15) is 11.8 Å². The number of aliphatic carboxylic acids is 1. The highest BCUT2D eigenvalue weighted by Gasteiger charge is 2.64. The third kappa shape index (κ3) is 3.48. The topological polar surface area (TPSA) is 67.8 Å². The quantitative estimate of drug-likeness (QED) is 0.700. The summed E-state index contributed by atoms with van der Waals surface area (Å²) in [4.78, 5) is 11.5. The Balaban J connectivity index is 2.18. The molecule has 5 heteroatoms. The number of rotatable bonds is 7. The van der Waals surface area contributed by atoms with E-state index in [4.69, 9.17) is 9.47 Å². The number of carbonyl (C=O) groups is 1. The van der Waals surface area contributed by atoms with Crippen molar-refractivity contribution in [3.8, 4) is 0 Å².